The van der Waals surface area contributed by atoms with Crippen LogP contribution in [0.5, 0.6) is 0 Å². The Morgan fingerprint density at radius 3 is 1.63 bits per heavy atom. The zero-order valence-corrected chi connectivity index (χ0v) is 35.4. The number of hydrogen-bond donors (Lipinski definition) is 1. The first-order valence-electron chi connectivity index (χ1n) is 21.7. The summed E-state index contributed by atoms with van der Waals surface area (Å²) in [5, 5.41) is 9.60. The second kappa shape index (κ2) is 37.2. The molecule has 312 valence electrons. The van der Waals surface area contributed by atoms with Crippen LogP contribution in [0.3, 0.4) is 0 Å². The smallest absolute Gasteiger partial charge is 0.362 e. The minimum absolute atomic E-state index is 0.0493. The highest BCUT2D eigenvalue weighted by atomic mass is 16.6. The lowest BCUT2D eigenvalue weighted by atomic mass is 10.1. The summed E-state index contributed by atoms with van der Waals surface area (Å²) < 4.78 is 17.2. The number of aliphatic carboxylic acids is 1. The zero-order valence-electron chi connectivity index (χ0n) is 35.4. The third-order valence-corrected chi connectivity index (χ3v) is 9.49. The van der Waals surface area contributed by atoms with Crippen molar-refractivity contribution in [2.45, 2.75) is 187 Å². The van der Waals surface area contributed by atoms with Crippen molar-refractivity contribution < 1.29 is 38.2 Å². The van der Waals surface area contributed by atoms with Crippen molar-refractivity contribution in [3.63, 3.8) is 0 Å². The number of quaternary nitrogens is 1. The fourth-order valence-corrected chi connectivity index (χ4v) is 6.12. The van der Waals surface area contributed by atoms with Gasteiger partial charge in [-0.2, -0.15) is 0 Å². The maximum absolute atomic E-state index is 12.7. The van der Waals surface area contributed by atoms with E-state index >= 15 is 0 Å². The van der Waals surface area contributed by atoms with Crippen molar-refractivity contribution in [2.75, 3.05) is 41.0 Å². The Morgan fingerprint density at radius 1 is 0.593 bits per heavy atom. The van der Waals surface area contributed by atoms with Crippen LogP contribution in [0.4, 0.5) is 0 Å². The third-order valence-electron chi connectivity index (χ3n) is 9.49. The van der Waals surface area contributed by atoms with E-state index in [2.05, 4.69) is 62.5 Å². The van der Waals surface area contributed by atoms with E-state index in [1.807, 2.05) is 21.1 Å². The predicted octanol–water partition coefficient (Wildman–Crippen LogP) is 11.6. The Morgan fingerprint density at radius 2 is 1.09 bits per heavy atom. The summed E-state index contributed by atoms with van der Waals surface area (Å²) in [5.41, 5.74) is 0. The molecule has 2 unspecified atom stereocenters. The Hall–Kier alpha value is -2.71. The van der Waals surface area contributed by atoms with Crippen molar-refractivity contribution in [1.29, 1.82) is 0 Å². The molecule has 8 nitrogen and oxygen atoms in total. The van der Waals surface area contributed by atoms with Gasteiger partial charge in [0.1, 0.15) is 6.61 Å². The molecule has 8 heteroatoms. The van der Waals surface area contributed by atoms with E-state index in [0.29, 0.717) is 19.3 Å². The summed E-state index contributed by atoms with van der Waals surface area (Å²) in [6.07, 6.45) is 43.0. The fourth-order valence-electron chi connectivity index (χ4n) is 6.12. The number of esters is 2. The van der Waals surface area contributed by atoms with Crippen LogP contribution in [0.15, 0.2) is 48.6 Å². The second-order valence-corrected chi connectivity index (χ2v) is 15.6. The highest BCUT2D eigenvalue weighted by molar-refractivity contribution is 5.72. The van der Waals surface area contributed by atoms with Crippen molar-refractivity contribution in [3.8, 4) is 0 Å². The lowest BCUT2D eigenvalue weighted by Crippen LogP contribution is -2.50. The molecule has 0 aliphatic heterocycles. The van der Waals surface area contributed by atoms with E-state index in [9.17, 15) is 19.5 Å². The number of hydrogen-bond acceptors (Lipinski definition) is 6. The Kier molecular flexibility index (Phi) is 35.4. The number of ether oxygens (including phenoxy) is 3. The van der Waals surface area contributed by atoms with Crippen LogP contribution < -0.4 is 0 Å². The minimum Gasteiger partial charge on any atom is -0.477 e. The van der Waals surface area contributed by atoms with Gasteiger partial charge in [0, 0.05) is 19.3 Å². The van der Waals surface area contributed by atoms with Crippen LogP contribution in [0.25, 0.3) is 0 Å². The summed E-state index contributed by atoms with van der Waals surface area (Å²) in [4.78, 5) is 36.9. The van der Waals surface area contributed by atoms with Crippen LogP contribution in [0.1, 0.15) is 174 Å². The maximum atomic E-state index is 12.7. The largest absolute Gasteiger partial charge is 0.477 e. The molecule has 0 aromatic rings. The first-order chi connectivity index (χ1) is 26.1. The van der Waals surface area contributed by atoms with E-state index < -0.39 is 18.1 Å². The highest BCUT2D eigenvalue weighted by Gasteiger charge is 2.31. The van der Waals surface area contributed by atoms with E-state index in [1.165, 1.54) is 51.4 Å². The number of rotatable bonds is 38. The molecule has 0 aliphatic carbocycles. The molecule has 0 aromatic carbocycles. The Labute approximate surface area is 331 Å². The zero-order chi connectivity index (χ0) is 40.0. The lowest BCUT2D eigenvalue weighted by Gasteiger charge is -2.31. The number of nitrogens with zero attached hydrogens (tertiary/aromatic N) is 1. The molecular weight excluding hydrogens is 679 g/mol. The molecular formula is C46H82NO7+. The second-order valence-electron chi connectivity index (χ2n) is 15.6. The van der Waals surface area contributed by atoms with Gasteiger partial charge in [0.05, 0.1) is 34.4 Å². The molecule has 0 fully saturated rings. The van der Waals surface area contributed by atoms with Gasteiger partial charge in [0.25, 0.3) is 0 Å². The summed E-state index contributed by atoms with van der Waals surface area (Å²) >= 11 is 0. The number of carbonyl (C=O) groups is 3. The van der Waals surface area contributed by atoms with Crippen molar-refractivity contribution >= 4 is 17.9 Å². The van der Waals surface area contributed by atoms with E-state index in [-0.39, 0.29) is 36.2 Å². The van der Waals surface area contributed by atoms with Crippen molar-refractivity contribution in [3.05, 3.63) is 48.6 Å². The van der Waals surface area contributed by atoms with E-state index in [1.54, 1.807) is 0 Å². The number of carboxylic acids is 1. The molecule has 0 aliphatic rings. The summed E-state index contributed by atoms with van der Waals surface area (Å²) in [5.74, 6) is -1.51. The topological polar surface area (TPSA) is 99.1 Å². The quantitative estimate of drug-likeness (QED) is 0.0220. The molecule has 0 aromatic heterocycles. The molecule has 0 saturated heterocycles. The number of carboxylic acid groups (broad SMARTS) is 1. The molecule has 0 radical (unpaired) electrons. The van der Waals surface area contributed by atoms with Gasteiger partial charge in [-0.3, -0.25) is 9.59 Å². The van der Waals surface area contributed by atoms with Crippen molar-refractivity contribution in [1.82, 2.24) is 0 Å². The van der Waals surface area contributed by atoms with E-state index in [0.717, 1.165) is 89.9 Å². The van der Waals surface area contributed by atoms with Crippen LogP contribution in [0, 0.1) is 0 Å². The summed E-state index contributed by atoms with van der Waals surface area (Å²) in [6.45, 7) is 4.58. The third kappa shape index (κ3) is 35.0. The first kappa shape index (κ1) is 51.3. The molecule has 0 saturated carbocycles. The van der Waals surface area contributed by atoms with E-state index in [4.69, 9.17) is 14.2 Å². The van der Waals surface area contributed by atoms with Gasteiger partial charge in [-0.05, 0) is 64.2 Å². The average molecular weight is 761 g/mol. The van der Waals surface area contributed by atoms with Crippen molar-refractivity contribution in [2.24, 2.45) is 0 Å². The van der Waals surface area contributed by atoms with Gasteiger partial charge < -0.3 is 23.8 Å². The molecule has 2 atom stereocenters. The standard InChI is InChI=1S/C46H81NO7/c1-6-8-10-12-14-16-18-20-21-22-23-24-25-27-28-30-32-34-36-44(48)53-41-42(40-52-39-38-43(46(50)51)47(3,4)5)54-45(49)37-35-33-31-29-26-19-17-15-13-11-9-7-2/h9,11,15,17,21-24,42-43H,6-8,10,12-14,16,18-20,25-41H2,1-5H3/p+1/b11-9+,17-15+,22-21+,24-23+. The normalized spacial score (nSPS) is 13.4. The molecule has 0 amide bonds. The van der Waals surface area contributed by atoms with Crippen LogP contribution >= 0.6 is 0 Å². The van der Waals surface area contributed by atoms with Gasteiger partial charge >= 0.3 is 17.9 Å². The summed E-state index contributed by atoms with van der Waals surface area (Å²) in [6, 6.07) is -0.620. The number of allylic oxidation sites excluding steroid dienone is 8. The minimum atomic E-state index is -0.881. The molecule has 1 N–H and O–H groups in total. The average Bonchev–Trinajstić information content (AvgIpc) is 3.12. The maximum Gasteiger partial charge on any atom is 0.362 e. The SMILES string of the molecule is CC/C=C/C/C=C/CCCCCCCC(=O)OC(COCCC(C(=O)O)[N+](C)(C)C)COC(=O)CCCCCCC/C=C/C=C/CCCCCCCCC. The number of unbranched alkanes of at least 4 members (excludes halogenated alkanes) is 17. The Balaban J connectivity index is 4.37. The van der Waals surface area contributed by atoms with Crippen LogP contribution in [-0.2, 0) is 28.6 Å². The predicted molar refractivity (Wildman–Crippen MR) is 224 cm³/mol. The Bertz CT molecular complexity index is 1030. The van der Waals surface area contributed by atoms with Gasteiger partial charge in [0.2, 0.25) is 0 Å². The molecule has 0 spiro atoms. The number of likely N-dealkylation sites (N-methyl/N-ethyl adjacent to an activating group) is 1. The fraction of sp³-hybridized carbons (Fsp3) is 0.761. The molecule has 0 bridgehead atoms. The first-order valence-corrected chi connectivity index (χ1v) is 21.7. The summed E-state index contributed by atoms with van der Waals surface area (Å²) in [7, 11) is 5.51. The number of carbonyl (C=O) groups excluding carboxylic acids is 2. The van der Waals surface area contributed by atoms with Gasteiger partial charge in [-0.15, -0.1) is 0 Å². The highest BCUT2D eigenvalue weighted by Crippen LogP contribution is 2.13. The van der Waals surface area contributed by atoms with Crippen LogP contribution in [0.2, 0.25) is 0 Å². The molecule has 0 rings (SSSR count). The monoisotopic (exact) mass is 761 g/mol. The van der Waals surface area contributed by atoms with Gasteiger partial charge in [-0.25, -0.2) is 4.79 Å². The molecule has 0 heterocycles. The van der Waals surface area contributed by atoms with Crippen LogP contribution in [-0.4, -0.2) is 80.6 Å². The molecule has 54 heavy (non-hydrogen) atoms. The van der Waals surface area contributed by atoms with Gasteiger partial charge in [-0.1, -0.05) is 140 Å². The lowest BCUT2D eigenvalue weighted by molar-refractivity contribution is -0.887. The van der Waals surface area contributed by atoms with Gasteiger partial charge in [0.15, 0.2) is 12.1 Å².